The first-order valence-corrected chi connectivity index (χ1v) is 7.30. The number of hydrogen-bond acceptors (Lipinski definition) is 5. The molecule has 2 N–H and O–H groups in total. The fourth-order valence-electron chi connectivity index (χ4n) is 1.59. The van der Waals surface area contributed by atoms with Crippen molar-refractivity contribution in [3.8, 4) is 0 Å². The second-order valence-electron chi connectivity index (χ2n) is 5.13. The Balaban J connectivity index is 1.70. The van der Waals surface area contributed by atoms with Gasteiger partial charge in [-0.15, -0.1) is 10.2 Å². The fourth-order valence-corrected chi connectivity index (χ4v) is 2.56. The number of aromatic nitrogens is 2. The number of nitrogens with zero attached hydrogens (tertiary/aromatic N) is 2. The number of amides is 1. The molecular weight excluding hydrogens is 248 g/mol. The predicted molar refractivity (Wildman–Crippen MR) is 72.7 cm³/mol. The zero-order valence-electron chi connectivity index (χ0n) is 10.9. The molecule has 0 saturated heterocycles. The lowest BCUT2D eigenvalue weighted by Gasteiger charge is -2.02. The number of anilines is 1. The van der Waals surface area contributed by atoms with Crippen LogP contribution in [-0.2, 0) is 11.2 Å². The van der Waals surface area contributed by atoms with Gasteiger partial charge in [0.25, 0.3) is 0 Å². The van der Waals surface area contributed by atoms with Crippen LogP contribution in [0.25, 0.3) is 0 Å². The molecule has 1 aliphatic carbocycles. The summed E-state index contributed by atoms with van der Waals surface area (Å²) in [6, 6.07) is 0.650. The second-order valence-corrected chi connectivity index (χ2v) is 6.19. The van der Waals surface area contributed by atoms with Crippen molar-refractivity contribution in [2.75, 3.05) is 11.9 Å². The zero-order valence-corrected chi connectivity index (χ0v) is 11.7. The molecule has 100 valence electrons. The van der Waals surface area contributed by atoms with E-state index in [4.69, 9.17) is 0 Å². The highest BCUT2D eigenvalue weighted by Gasteiger charge is 2.20. The smallest absolute Gasteiger partial charge is 0.227 e. The molecular formula is C12H20N4OS. The predicted octanol–water partition coefficient (Wildman–Crippen LogP) is 1.82. The van der Waals surface area contributed by atoms with Crippen LogP contribution in [0.5, 0.6) is 0 Å². The molecule has 0 aromatic carbocycles. The normalized spacial score (nSPS) is 15.1. The van der Waals surface area contributed by atoms with Crippen molar-refractivity contribution in [1.29, 1.82) is 0 Å². The number of rotatable bonds is 7. The molecule has 6 heteroatoms. The van der Waals surface area contributed by atoms with E-state index >= 15 is 0 Å². The van der Waals surface area contributed by atoms with Crippen LogP contribution in [0.15, 0.2) is 0 Å². The molecule has 0 spiro atoms. The van der Waals surface area contributed by atoms with Crippen LogP contribution in [0.2, 0.25) is 0 Å². The number of carbonyl (C=O) groups is 1. The van der Waals surface area contributed by atoms with Crippen LogP contribution < -0.4 is 10.6 Å². The molecule has 0 atom stereocenters. The van der Waals surface area contributed by atoms with E-state index in [2.05, 4.69) is 34.7 Å². The van der Waals surface area contributed by atoms with E-state index < -0.39 is 0 Å². The second kappa shape index (κ2) is 6.24. The molecule has 1 amide bonds. The van der Waals surface area contributed by atoms with E-state index in [9.17, 15) is 4.79 Å². The first-order chi connectivity index (χ1) is 8.63. The summed E-state index contributed by atoms with van der Waals surface area (Å²) in [5, 5.41) is 15.7. The van der Waals surface area contributed by atoms with Gasteiger partial charge < -0.3 is 10.6 Å². The van der Waals surface area contributed by atoms with Crippen molar-refractivity contribution in [2.24, 2.45) is 5.92 Å². The van der Waals surface area contributed by atoms with E-state index in [0.717, 1.165) is 18.0 Å². The van der Waals surface area contributed by atoms with Gasteiger partial charge in [0.1, 0.15) is 5.01 Å². The number of hydrogen-bond donors (Lipinski definition) is 2. The van der Waals surface area contributed by atoms with E-state index in [1.54, 1.807) is 0 Å². The van der Waals surface area contributed by atoms with Crippen LogP contribution in [0.4, 0.5) is 5.13 Å². The van der Waals surface area contributed by atoms with Crippen molar-refractivity contribution in [2.45, 2.75) is 45.6 Å². The Morgan fingerprint density at radius 3 is 2.89 bits per heavy atom. The van der Waals surface area contributed by atoms with Gasteiger partial charge in [-0.25, -0.2) is 0 Å². The summed E-state index contributed by atoms with van der Waals surface area (Å²) in [4.78, 5) is 11.6. The fraction of sp³-hybridized carbons (Fsp3) is 0.750. The Labute approximate surface area is 111 Å². The van der Waals surface area contributed by atoms with Crippen molar-refractivity contribution in [3.05, 3.63) is 5.01 Å². The van der Waals surface area contributed by atoms with Gasteiger partial charge in [0.15, 0.2) is 0 Å². The number of nitrogens with one attached hydrogen (secondary N) is 2. The lowest BCUT2D eigenvalue weighted by Crippen LogP contribution is -2.23. The minimum atomic E-state index is 0.00963. The Morgan fingerprint density at radius 2 is 2.22 bits per heavy atom. The van der Waals surface area contributed by atoms with Gasteiger partial charge >= 0.3 is 0 Å². The largest absolute Gasteiger partial charge is 0.313 e. The van der Waals surface area contributed by atoms with Crippen LogP contribution >= 0.6 is 11.3 Å². The molecule has 1 saturated carbocycles. The maximum atomic E-state index is 11.6. The molecule has 0 aliphatic heterocycles. The zero-order chi connectivity index (χ0) is 13.0. The first-order valence-electron chi connectivity index (χ1n) is 6.49. The maximum Gasteiger partial charge on any atom is 0.227 e. The SMILES string of the molecule is CC(C)Cc1nnc(NC(=O)CCNC2CC2)s1. The van der Waals surface area contributed by atoms with Crippen LogP contribution in [-0.4, -0.2) is 28.7 Å². The highest BCUT2D eigenvalue weighted by atomic mass is 32.1. The van der Waals surface area contributed by atoms with E-state index in [1.807, 2.05) is 0 Å². The van der Waals surface area contributed by atoms with Gasteiger partial charge in [0.05, 0.1) is 0 Å². The Morgan fingerprint density at radius 1 is 1.44 bits per heavy atom. The molecule has 0 radical (unpaired) electrons. The maximum absolute atomic E-state index is 11.6. The van der Waals surface area contributed by atoms with Crippen molar-refractivity contribution >= 4 is 22.4 Å². The topological polar surface area (TPSA) is 66.9 Å². The lowest BCUT2D eigenvalue weighted by atomic mass is 10.1. The average molecular weight is 268 g/mol. The van der Waals surface area contributed by atoms with Gasteiger partial charge in [-0.2, -0.15) is 0 Å². The van der Waals surface area contributed by atoms with Gasteiger partial charge in [-0.3, -0.25) is 4.79 Å². The highest BCUT2D eigenvalue weighted by molar-refractivity contribution is 7.15. The molecule has 1 fully saturated rings. The monoisotopic (exact) mass is 268 g/mol. The molecule has 2 rings (SSSR count). The number of carbonyl (C=O) groups excluding carboxylic acids is 1. The summed E-state index contributed by atoms with van der Waals surface area (Å²) in [6.45, 7) is 5.03. The lowest BCUT2D eigenvalue weighted by molar-refractivity contribution is -0.116. The van der Waals surface area contributed by atoms with E-state index in [-0.39, 0.29) is 5.91 Å². The summed E-state index contributed by atoms with van der Waals surface area (Å²) in [7, 11) is 0. The third kappa shape index (κ3) is 4.70. The third-order valence-electron chi connectivity index (χ3n) is 2.66. The summed E-state index contributed by atoms with van der Waals surface area (Å²) in [5.41, 5.74) is 0. The first kappa shape index (κ1) is 13.4. The molecule has 0 bridgehead atoms. The van der Waals surface area contributed by atoms with Crippen LogP contribution in [0.3, 0.4) is 0 Å². The summed E-state index contributed by atoms with van der Waals surface area (Å²) < 4.78 is 0. The minimum Gasteiger partial charge on any atom is -0.313 e. The van der Waals surface area contributed by atoms with Gasteiger partial charge in [-0.05, 0) is 18.8 Å². The quantitative estimate of drug-likeness (QED) is 0.791. The summed E-state index contributed by atoms with van der Waals surface area (Å²) >= 11 is 1.47. The Kier molecular flexibility index (Phi) is 4.66. The summed E-state index contributed by atoms with van der Waals surface area (Å²) in [5.74, 6) is 0.569. The molecule has 18 heavy (non-hydrogen) atoms. The highest BCUT2D eigenvalue weighted by Crippen LogP contribution is 2.19. The third-order valence-corrected chi connectivity index (χ3v) is 3.52. The van der Waals surface area contributed by atoms with E-state index in [1.165, 1.54) is 24.2 Å². The average Bonchev–Trinajstić information content (AvgIpc) is 3.00. The van der Waals surface area contributed by atoms with Crippen LogP contribution in [0, 0.1) is 5.92 Å². The van der Waals surface area contributed by atoms with Crippen molar-refractivity contribution in [3.63, 3.8) is 0 Å². The standard InChI is InChI=1S/C12H20N4OS/c1-8(2)7-11-15-16-12(18-11)14-10(17)5-6-13-9-3-4-9/h8-9,13H,3-7H2,1-2H3,(H,14,16,17). The van der Waals surface area contributed by atoms with Crippen LogP contribution in [0.1, 0.15) is 38.1 Å². The van der Waals surface area contributed by atoms with Crippen molar-refractivity contribution < 1.29 is 4.79 Å². The van der Waals surface area contributed by atoms with Gasteiger partial charge in [0, 0.05) is 25.4 Å². The van der Waals surface area contributed by atoms with Crippen molar-refractivity contribution in [1.82, 2.24) is 15.5 Å². The van der Waals surface area contributed by atoms with Gasteiger partial charge in [0.2, 0.25) is 11.0 Å². The molecule has 1 aromatic rings. The van der Waals surface area contributed by atoms with E-state index in [0.29, 0.717) is 23.5 Å². The Hall–Kier alpha value is -1.01. The molecule has 5 nitrogen and oxygen atoms in total. The summed E-state index contributed by atoms with van der Waals surface area (Å²) in [6.07, 6.45) is 3.90. The van der Waals surface area contributed by atoms with Gasteiger partial charge in [-0.1, -0.05) is 25.2 Å². The molecule has 1 aliphatic rings. The molecule has 1 heterocycles. The minimum absolute atomic E-state index is 0.00963. The molecule has 0 unspecified atom stereocenters. The Bertz CT molecular complexity index is 401. The molecule has 1 aromatic heterocycles.